The number of aromatic nitrogens is 2. The zero-order chi connectivity index (χ0) is 16.9. The first-order valence-corrected chi connectivity index (χ1v) is 7.93. The fraction of sp³-hybridized carbons (Fsp3) is 0.353. The second-order valence-corrected chi connectivity index (χ2v) is 5.76. The van der Waals surface area contributed by atoms with Crippen LogP contribution in [-0.2, 0) is 11.3 Å². The van der Waals surface area contributed by atoms with Crippen LogP contribution in [0.2, 0.25) is 0 Å². The van der Waals surface area contributed by atoms with Crippen LogP contribution in [0, 0.1) is 12.7 Å². The van der Waals surface area contributed by atoms with Crippen molar-refractivity contribution in [3.05, 3.63) is 47.4 Å². The lowest BCUT2D eigenvalue weighted by atomic mass is 10.2. The highest BCUT2D eigenvalue weighted by Gasteiger charge is 2.17. The summed E-state index contributed by atoms with van der Waals surface area (Å²) in [6.07, 6.45) is 0.879. The quantitative estimate of drug-likeness (QED) is 0.848. The molecule has 2 aromatic rings. The number of hydrogen-bond acceptors (Lipinski definition) is 5. The van der Waals surface area contributed by atoms with Crippen LogP contribution in [-0.4, -0.2) is 47.5 Å². The van der Waals surface area contributed by atoms with E-state index in [1.54, 1.807) is 23.1 Å². The maximum Gasteiger partial charge on any atom is 0.225 e. The summed E-state index contributed by atoms with van der Waals surface area (Å²) in [5.74, 6) is 1.05. The topological polar surface area (TPSA) is 61.4 Å². The van der Waals surface area contributed by atoms with Crippen LogP contribution >= 0.6 is 0 Å². The van der Waals surface area contributed by atoms with Crippen molar-refractivity contribution in [2.75, 3.05) is 36.4 Å². The van der Waals surface area contributed by atoms with E-state index < -0.39 is 0 Å². The number of benzene rings is 1. The Balaban J connectivity index is 1.70. The fourth-order valence-corrected chi connectivity index (χ4v) is 2.67. The van der Waals surface area contributed by atoms with Gasteiger partial charge in [-0.1, -0.05) is 18.2 Å². The Hall–Kier alpha value is -2.70. The number of hydrogen-bond donors (Lipinski definition) is 1. The fourth-order valence-electron chi connectivity index (χ4n) is 2.67. The number of rotatable bonds is 5. The van der Waals surface area contributed by atoms with Crippen LogP contribution < -0.4 is 10.2 Å². The van der Waals surface area contributed by atoms with Gasteiger partial charge in [-0.25, -0.2) is 9.37 Å². The van der Waals surface area contributed by atoms with E-state index in [0.717, 1.165) is 31.0 Å². The average Bonchev–Trinajstić information content (AvgIpc) is 2.61. The van der Waals surface area contributed by atoms with Crippen molar-refractivity contribution in [2.45, 2.75) is 13.5 Å². The van der Waals surface area contributed by atoms with Crippen LogP contribution in [0.1, 0.15) is 11.3 Å². The molecule has 1 aromatic carbocycles. The van der Waals surface area contributed by atoms with Crippen molar-refractivity contribution in [1.82, 2.24) is 14.9 Å². The van der Waals surface area contributed by atoms with Crippen molar-refractivity contribution < 1.29 is 9.18 Å². The molecule has 7 heteroatoms. The van der Waals surface area contributed by atoms with Crippen LogP contribution in [0.5, 0.6) is 0 Å². The molecule has 1 N–H and O–H groups in total. The molecule has 1 aliphatic heterocycles. The number of anilines is 2. The predicted molar refractivity (Wildman–Crippen MR) is 90.3 cm³/mol. The van der Waals surface area contributed by atoms with E-state index in [1.165, 1.54) is 6.07 Å². The van der Waals surface area contributed by atoms with Gasteiger partial charge in [0.2, 0.25) is 12.4 Å². The third kappa shape index (κ3) is 3.79. The molecule has 2 heterocycles. The van der Waals surface area contributed by atoms with Crippen LogP contribution in [0.25, 0.3) is 0 Å². The average molecular weight is 329 g/mol. The van der Waals surface area contributed by atoms with Gasteiger partial charge < -0.3 is 15.1 Å². The monoisotopic (exact) mass is 329 g/mol. The van der Waals surface area contributed by atoms with Gasteiger partial charge in [-0.05, 0) is 13.0 Å². The van der Waals surface area contributed by atoms with Gasteiger partial charge in [0, 0.05) is 50.0 Å². The van der Waals surface area contributed by atoms with Crippen molar-refractivity contribution in [3.8, 4) is 0 Å². The highest BCUT2D eigenvalue weighted by atomic mass is 19.1. The Morgan fingerprint density at radius 1 is 1.21 bits per heavy atom. The highest BCUT2D eigenvalue weighted by molar-refractivity contribution is 5.50. The first-order valence-electron chi connectivity index (χ1n) is 7.93. The van der Waals surface area contributed by atoms with E-state index in [9.17, 15) is 9.18 Å². The minimum absolute atomic E-state index is 0.247. The lowest BCUT2D eigenvalue weighted by Crippen LogP contribution is -2.46. The summed E-state index contributed by atoms with van der Waals surface area (Å²) in [6.45, 7) is 5.08. The number of halogens is 1. The minimum atomic E-state index is -0.247. The molecule has 0 saturated carbocycles. The van der Waals surface area contributed by atoms with E-state index in [-0.39, 0.29) is 5.82 Å². The molecular formula is C17H20FN5O. The molecule has 0 unspecified atom stereocenters. The summed E-state index contributed by atoms with van der Waals surface area (Å²) in [4.78, 5) is 23.6. The molecule has 1 aliphatic rings. The maximum atomic E-state index is 13.7. The van der Waals surface area contributed by atoms with E-state index >= 15 is 0 Å². The van der Waals surface area contributed by atoms with E-state index in [4.69, 9.17) is 0 Å². The Kier molecular flexibility index (Phi) is 4.88. The van der Waals surface area contributed by atoms with Crippen LogP contribution in [0.4, 0.5) is 16.2 Å². The number of amides is 1. The Morgan fingerprint density at radius 3 is 2.67 bits per heavy atom. The summed E-state index contributed by atoms with van der Waals surface area (Å²) in [5, 5.41) is 3.09. The molecule has 0 spiro atoms. The van der Waals surface area contributed by atoms with Gasteiger partial charge in [0.1, 0.15) is 11.6 Å². The summed E-state index contributed by atoms with van der Waals surface area (Å²) in [7, 11) is 0. The number of carbonyl (C=O) groups excluding carboxylic acids is 1. The minimum Gasteiger partial charge on any atom is -0.353 e. The SMILES string of the molecule is Cc1cc(N2CCN(C=O)CC2)nc(NCc2ccccc2F)n1. The summed E-state index contributed by atoms with van der Waals surface area (Å²) in [5.41, 5.74) is 1.41. The first-order chi connectivity index (χ1) is 11.7. The number of aryl methyl sites for hydroxylation is 1. The number of nitrogens with zero attached hydrogens (tertiary/aromatic N) is 4. The second-order valence-electron chi connectivity index (χ2n) is 5.76. The van der Waals surface area contributed by atoms with Gasteiger partial charge in [0.15, 0.2) is 0 Å². The van der Waals surface area contributed by atoms with Gasteiger partial charge in [0.25, 0.3) is 0 Å². The lowest BCUT2D eigenvalue weighted by Gasteiger charge is -2.33. The Bertz CT molecular complexity index is 716. The van der Waals surface area contributed by atoms with Gasteiger partial charge in [-0.3, -0.25) is 4.79 Å². The first kappa shape index (κ1) is 16.2. The van der Waals surface area contributed by atoms with Crippen LogP contribution in [0.15, 0.2) is 30.3 Å². The number of piperazine rings is 1. The maximum absolute atomic E-state index is 13.7. The molecule has 3 rings (SSSR count). The third-order valence-corrected chi connectivity index (χ3v) is 4.02. The van der Waals surface area contributed by atoms with Gasteiger partial charge in [-0.2, -0.15) is 4.98 Å². The molecule has 0 radical (unpaired) electrons. The Labute approximate surface area is 140 Å². The second kappa shape index (κ2) is 7.25. The van der Waals surface area contributed by atoms with Gasteiger partial charge >= 0.3 is 0 Å². The van der Waals surface area contributed by atoms with E-state index in [2.05, 4.69) is 20.2 Å². The van der Waals surface area contributed by atoms with Crippen molar-refractivity contribution in [2.24, 2.45) is 0 Å². The van der Waals surface area contributed by atoms with E-state index in [0.29, 0.717) is 31.1 Å². The zero-order valence-corrected chi connectivity index (χ0v) is 13.6. The molecule has 24 heavy (non-hydrogen) atoms. The van der Waals surface area contributed by atoms with Gasteiger partial charge in [-0.15, -0.1) is 0 Å². The lowest BCUT2D eigenvalue weighted by molar-refractivity contribution is -0.118. The molecule has 1 saturated heterocycles. The molecule has 0 aliphatic carbocycles. The van der Waals surface area contributed by atoms with Crippen molar-refractivity contribution in [1.29, 1.82) is 0 Å². The highest BCUT2D eigenvalue weighted by Crippen LogP contribution is 2.17. The van der Waals surface area contributed by atoms with Gasteiger partial charge in [0.05, 0.1) is 0 Å². The normalized spacial score (nSPS) is 14.6. The third-order valence-electron chi connectivity index (χ3n) is 4.02. The molecular weight excluding hydrogens is 309 g/mol. The molecule has 0 atom stereocenters. The van der Waals surface area contributed by atoms with Crippen LogP contribution in [0.3, 0.4) is 0 Å². The zero-order valence-electron chi connectivity index (χ0n) is 13.6. The number of carbonyl (C=O) groups is 1. The molecule has 126 valence electrons. The molecule has 6 nitrogen and oxygen atoms in total. The Morgan fingerprint density at radius 2 is 1.96 bits per heavy atom. The molecule has 1 fully saturated rings. The summed E-state index contributed by atoms with van der Waals surface area (Å²) >= 11 is 0. The smallest absolute Gasteiger partial charge is 0.225 e. The summed E-state index contributed by atoms with van der Waals surface area (Å²) < 4.78 is 13.7. The summed E-state index contributed by atoms with van der Waals surface area (Å²) in [6, 6.07) is 8.56. The number of nitrogens with one attached hydrogen (secondary N) is 1. The largest absolute Gasteiger partial charge is 0.353 e. The van der Waals surface area contributed by atoms with E-state index in [1.807, 2.05) is 13.0 Å². The molecule has 1 amide bonds. The predicted octanol–water partition coefficient (Wildman–Crippen LogP) is 1.81. The molecule has 1 aromatic heterocycles. The molecule has 0 bridgehead atoms. The standard InChI is InChI=1S/C17H20FN5O/c1-13-10-16(23-8-6-22(12-24)7-9-23)21-17(20-13)19-11-14-4-2-3-5-15(14)18/h2-5,10,12H,6-9,11H2,1H3,(H,19,20,21). The van der Waals surface area contributed by atoms with Crippen molar-refractivity contribution >= 4 is 18.2 Å². The van der Waals surface area contributed by atoms with Crippen molar-refractivity contribution in [3.63, 3.8) is 0 Å².